The largest absolute Gasteiger partial charge is 0.480 e. The number of carboxylic acids is 1. The van der Waals surface area contributed by atoms with Crippen LogP contribution < -0.4 is 5.32 Å². The van der Waals surface area contributed by atoms with E-state index in [-0.39, 0.29) is 32.0 Å². The topological polar surface area (TPSA) is 116 Å². The predicted molar refractivity (Wildman–Crippen MR) is 78.9 cm³/mol. The number of rotatable bonds is 5. The Labute approximate surface area is 132 Å². The maximum Gasteiger partial charge on any atom is 0.408 e. The molecule has 1 aliphatic heterocycles. The lowest BCUT2D eigenvalue weighted by atomic mass is 10.1. The third-order valence-corrected chi connectivity index (χ3v) is 3.67. The average Bonchev–Trinajstić information content (AvgIpc) is 2.97. The molecule has 0 unspecified atom stereocenters. The first-order chi connectivity index (χ1) is 11.0. The van der Waals surface area contributed by atoms with E-state index in [0.717, 1.165) is 10.5 Å². The molecular weight excluding hydrogens is 304 g/mol. The number of hydrogen-bond acceptors (Lipinski definition) is 4. The Morgan fingerprint density at radius 3 is 2.48 bits per heavy atom. The van der Waals surface area contributed by atoms with Crippen molar-refractivity contribution in [2.45, 2.75) is 19.1 Å². The molecule has 1 heterocycles. The van der Waals surface area contributed by atoms with Crippen LogP contribution in [-0.2, 0) is 16.1 Å². The third-order valence-electron chi connectivity index (χ3n) is 3.67. The van der Waals surface area contributed by atoms with Crippen LogP contribution >= 0.6 is 0 Å². The zero-order valence-corrected chi connectivity index (χ0v) is 12.3. The number of carbonyl (C=O) groups is 3. The molecule has 124 valence electrons. The SMILES string of the molecule is O=C(NC[C@@H]1C[C@@H](C(=O)O)N(C(=O)O)C1)OCc1ccccc1. The summed E-state index contributed by atoms with van der Waals surface area (Å²) < 4.78 is 5.04. The van der Waals surface area contributed by atoms with Gasteiger partial charge in [0.25, 0.3) is 0 Å². The van der Waals surface area contributed by atoms with Crippen molar-refractivity contribution in [3.63, 3.8) is 0 Å². The van der Waals surface area contributed by atoms with E-state index in [1.165, 1.54) is 0 Å². The van der Waals surface area contributed by atoms with Gasteiger partial charge in [0.15, 0.2) is 0 Å². The Hall–Kier alpha value is -2.77. The summed E-state index contributed by atoms with van der Waals surface area (Å²) in [5, 5.41) is 20.5. The van der Waals surface area contributed by atoms with Gasteiger partial charge in [0.1, 0.15) is 12.6 Å². The standard InChI is InChI=1S/C15H18N2O6/c18-13(19)12-6-11(8-17(12)15(21)22)7-16-14(20)23-9-10-4-2-1-3-5-10/h1-5,11-12H,6-9H2,(H,16,20)(H,18,19)(H,21,22)/t11-,12-/m0/s1. The van der Waals surface area contributed by atoms with Crippen molar-refractivity contribution in [2.75, 3.05) is 13.1 Å². The fourth-order valence-corrected chi connectivity index (χ4v) is 2.52. The predicted octanol–water partition coefficient (Wildman–Crippen LogP) is 1.37. The molecule has 3 N–H and O–H groups in total. The molecule has 0 radical (unpaired) electrons. The van der Waals surface area contributed by atoms with Crippen LogP contribution in [0.3, 0.4) is 0 Å². The van der Waals surface area contributed by atoms with Crippen molar-refractivity contribution >= 4 is 18.2 Å². The van der Waals surface area contributed by atoms with E-state index in [0.29, 0.717) is 0 Å². The first kappa shape index (κ1) is 16.6. The van der Waals surface area contributed by atoms with Gasteiger partial charge in [-0.2, -0.15) is 0 Å². The summed E-state index contributed by atoms with van der Waals surface area (Å²) in [5.74, 6) is -1.43. The molecule has 2 rings (SSSR count). The number of amides is 2. The fraction of sp³-hybridized carbons (Fsp3) is 0.400. The van der Waals surface area contributed by atoms with Crippen LogP contribution in [-0.4, -0.2) is 52.4 Å². The van der Waals surface area contributed by atoms with E-state index >= 15 is 0 Å². The molecule has 23 heavy (non-hydrogen) atoms. The minimum atomic E-state index is -1.27. The Morgan fingerprint density at radius 1 is 1.22 bits per heavy atom. The van der Waals surface area contributed by atoms with E-state index in [4.69, 9.17) is 14.9 Å². The van der Waals surface area contributed by atoms with Gasteiger partial charge in [-0.1, -0.05) is 30.3 Å². The molecule has 2 amide bonds. The normalized spacial score (nSPS) is 20.1. The van der Waals surface area contributed by atoms with Gasteiger partial charge in [0.2, 0.25) is 0 Å². The summed E-state index contributed by atoms with van der Waals surface area (Å²) in [6.45, 7) is 0.378. The smallest absolute Gasteiger partial charge is 0.408 e. The molecule has 0 aliphatic carbocycles. The number of alkyl carbamates (subject to hydrolysis) is 1. The summed E-state index contributed by atoms with van der Waals surface area (Å²) in [7, 11) is 0. The van der Waals surface area contributed by atoms with Crippen molar-refractivity contribution in [3.05, 3.63) is 35.9 Å². The number of likely N-dealkylation sites (tertiary alicyclic amines) is 1. The highest BCUT2D eigenvalue weighted by Gasteiger charge is 2.39. The van der Waals surface area contributed by atoms with Gasteiger partial charge in [-0.25, -0.2) is 14.4 Å². The van der Waals surface area contributed by atoms with E-state index < -0.39 is 24.2 Å². The molecule has 1 fully saturated rings. The molecule has 0 saturated carbocycles. The number of ether oxygens (including phenoxy) is 1. The molecule has 1 aliphatic rings. The summed E-state index contributed by atoms with van der Waals surface area (Å²) in [6.07, 6.45) is -1.72. The lowest BCUT2D eigenvalue weighted by molar-refractivity contribution is -0.141. The van der Waals surface area contributed by atoms with Gasteiger partial charge in [-0.15, -0.1) is 0 Å². The van der Waals surface area contributed by atoms with Crippen LogP contribution in [0.4, 0.5) is 9.59 Å². The molecule has 2 atom stereocenters. The molecule has 1 aromatic rings. The van der Waals surface area contributed by atoms with Crippen molar-refractivity contribution in [1.29, 1.82) is 0 Å². The zero-order valence-electron chi connectivity index (χ0n) is 12.3. The maximum atomic E-state index is 11.6. The van der Waals surface area contributed by atoms with Crippen molar-refractivity contribution in [3.8, 4) is 0 Å². The molecule has 0 aromatic heterocycles. The van der Waals surface area contributed by atoms with E-state index in [2.05, 4.69) is 5.32 Å². The Balaban J connectivity index is 1.76. The second-order valence-corrected chi connectivity index (χ2v) is 5.33. The number of hydrogen-bond donors (Lipinski definition) is 3. The summed E-state index contributed by atoms with van der Waals surface area (Å²) >= 11 is 0. The minimum absolute atomic E-state index is 0.0747. The second-order valence-electron chi connectivity index (χ2n) is 5.33. The Bertz CT molecular complexity index is 555. The van der Waals surface area contributed by atoms with E-state index in [1.54, 1.807) is 0 Å². The maximum absolute atomic E-state index is 11.6. The minimum Gasteiger partial charge on any atom is -0.480 e. The van der Waals surface area contributed by atoms with Crippen molar-refractivity contribution in [1.82, 2.24) is 10.2 Å². The van der Waals surface area contributed by atoms with Crippen LogP contribution in [0.2, 0.25) is 0 Å². The van der Waals surface area contributed by atoms with Crippen LogP contribution in [0.15, 0.2) is 30.3 Å². The molecule has 0 bridgehead atoms. The molecule has 8 nitrogen and oxygen atoms in total. The molecular formula is C15H18N2O6. The highest BCUT2D eigenvalue weighted by atomic mass is 16.5. The number of nitrogens with one attached hydrogen (secondary N) is 1. The number of benzene rings is 1. The van der Waals surface area contributed by atoms with Gasteiger partial charge >= 0.3 is 18.2 Å². The number of carbonyl (C=O) groups excluding carboxylic acids is 1. The first-order valence-corrected chi connectivity index (χ1v) is 7.14. The molecule has 1 saturated heterocycles. The first-order valence-electron chi connectivity index (χ1n) is 7.14. The number of carboxylic acid groups (broad SMARTS) is 2. The third kappa shape index (κ3) is 4.60. The lowest BCUT2D eigenvalue weighted by Crippen LogP contribution is -2.39. The monoisotopic (exact) mass is 322 g/mol. The quantitative estimate of drug-likeness (QED) is 0.754. The summed E-state index contributed by atoms with van der Waals surface area (Å²) in [5.41, 5.74) is 0.853. The molecule has 1 aromatic carbocycles. The van der Waals surface area contributed by atoms with E-state index in [9.17, 15) is 14.4 Å². The van der Waals surface area contributed by atoms with Crippen LogP contribution in [0.5, 0.6) is 0 Å². The Kier molecular flexibility index (Phi) is 5.40. The molecule has 8 heteroatoms. The second kappa shape index (κ2) is 7.48. The van der Waals surface area contributed by atoms with E-state index in [1.807, 2.05) is 30.3 Å². The molecule has 0 spiro atoms. The van der Waals surface area contributed by atoms with Gasteiger partial charge in [0, 0.05) is 13.1 Å². The summed E-state index contributed by atoms with van der Waals surface area (Å²) in [4.78, 5) is 34.6. The van der Waals surface area contributed by atoms with Gasteiger partial charge in [-0.05, 0) is 17.9 Å². The van der Waals surface area contributed by atoms with Crippen LogP contribution in [0.25, 0.3) is 0 Å². The van der Waals surface area contributed by atoms with Crippen LogP contribution in [0, 0.1) is 5.92 Å². The lowest BCUT2D eigenvalue weighted by Gasteiger charge is -2.16. The van der Waals surface area contributed by atoms with Gasteiger partial charge in [-0.3, -0.25) is 4.90 Å². The highest BCUT2D eigenvalue weighted by molar-refractivity contribution is 5.80. The van der Waals surface area contributed by atoms with Crippen LogP contribution in [0.1, 0.15) is 12.0 Å². The van der Waals surface area contributed by atoms with Crippen molar-refractivity contribution in [2.24, 2.45) is 5.92 Å². The van der Waals surface area contributed by atoms with Gasteiger partial charge < -0.3 is 20.3 Å². The number of aliphatic carboxylic acids is 1. The van der Waals surface area contributed by atoms with Gasteiger partial charge in [0.05, 0.1) is 0 Å². The fourth-order valence-electron chi connectivity index (χ4n) is 2.52. The average molecular weight is 322 g/mol. The highest BCUT2D eigenvalue weighted by Crippen LogP contribution is 2.23. The zero-order chi connectivity index (χ0) is 16.8. The summed E-state index contributed by atoms with van der Waals surface area (Å²) in [6, 6.07) is 8.11. The van der Waals surface area contributed by atoms with Crippen molar-refractivity contribution < 1.29 is 29.3 Å². The number of nitrogens with zero attached hydrogens (tertiary/aromatic N) is 1. The Morgan fingerprint density at radius 2 is 1.91 bits per heavy atom.